The molecule has 0 aliphatic rings. The van der Waals surface area contributed by atoms with Gasteiger partial charge in [0.05, 0.1) is 16.1 Å². The molecule has 0 unspecified atom stereocenters. The van der Waals surface area contributed by atoms with Crippen molar-refractivity contribution >= 4 is 27.5 Å². The Bertz CT molecular complexity index is 1110. The summed E-state index contributed by atoms with van der Waals surface area (Å²) in [6.45, 7) is 3.13. The van der Waals surface area contributed by atoms with E-state index in [9.17, 15) is 26.4 Å². The van der Waals surface area contributed by atoms with Crippen molar-refractivity contribution in [3.8, 4) is 0 Å². The van der Waals surface area contributed by atoms with Crippen molar-refractivity contribution in [1.82, 2.24) is 4.72 Å². The second kappa shape index (κ2) is 9.87. The van der Waals surface area contributed by atoms with Crippen LogP contribution in [0.2, 0.25) is 0 Å². The minimum absolute atomic E-state index is 0.140. The first-order valence-corrected chi connectivity index (χ1v) is 10.6. The third-order valence-corrected chi connectivity index (χ3v) is 5.67. The first kappa shape index (κ1) is 24.9. The second-order valence-corrected chi connectivity index (χ2v) is 8.62. The molecule has 32 heavy (non-hydrogen) atoms. The molecule has 13 heteroatoms. The highest BCUT2D eigenvalue weighted by Crippen LogP contribution is 2.29. The number of alkyl halides is 3. The van der Waals surface area contributed by atoms with Crippen LogP contribution in [0.25, 0.3) is 0 Å². The van der Waals surface area contributed by atoms with Crippen LogP contribution in [0.4, 0.5) is 18.9 Å². The van der Waals surface area contributed by atoms with Crippen molar-refractivity contribution in [1.29, 1.82) is 0 Å². The second-order valence-electron chi connectivity index (χ2n) is 6.90. The maximum atomic E-state index is 12.7. The van der Waals surface area contributed by atoms with Crippen LogP contribution in [-0.4, -0.2) is 31.4 Å². The summed E-state index contributed by atoms with van der Waals surface area (Å²) in [6.07, 6.45) is -4.49. The van der Waals surface area contributed by atoms with Gasteiger partial charge in [-0.3, -0.25) is 4.79 Å². The predicted octanol–water partition coefficient (Wildman–Crippen LogP) is 3.50. The molecule has 172 valence electrons. The Morgan fingerprint density at radius 3 is 2.06 bits per heavy atom. The summed E-state index contributed by atoms with van der Waals surface area (Å²) < 4.78 is 64.9. The first-order valence-electron chi connectivity index (χ1n) is 9.07. The zero-order valence-corrected chi connectivity index (χ0v) is 17.7. The number of carbonyl (C=O) groups is 1. The summed E-state index contributed by atoms with van der Waals surface area (Å²) >= 11 is 0. The number of hydrogen-bond acceptors (Lipinski definition) is 6. The first-order chi connectivity index (χ1) is 14.8. The van der Waals surface area contributed by atoms with Crippen LogP contribution >= 0.6 is 0 Å². The van der Waals surface area contributed by atoms with Crippen molar-refractivity contribution in [3.05, 3.63) is 59.7 Å². The Morgan fingerprint density at radius 1 is 1.06 bits per heavy atom. The van der Waals surface area contributed by atoms with Crippen LogP contribution in [0.15, 0.2) is 68.8 Å². The molecular weight excluding hydrogens is 451 g/mol. The van der Waals surface area contributed by atoms with Crippen LogP contribution in [0.5, 0.6) is 0 Å². The highest BCUT2D eigenvalue weighted by atomic mass is 32.2. The molecule has 0 aliphatic carbocycles. The van der Waals surface area contributed by atoms with Crippen LogP contribution in [-0.2, 0) is 21.0 Å². The minimum Gasteiger partial charge on any atom is -0.480 e. The van der Waals surface area contributed by atoms with Gasteiger partial charge in [-0.1, -0.05) is 26.0 Å². The van der Waals surface area contributed by atoms with Gasteiger partial charge in [0, 0.05) is 5.56 Å². The molecule has 0 aliphatic heterocycles. The van der Waals surface area contributed by atoms with E-state index < -0.39 is 39.7 Å². The number of sulfonamides is 1. The number of aliphatic carboxylic acids is 1. The van der Waals surface area contributed by atoms with Gasteiger partial charge in [0.25, 0.3) is 0 Å². The van der Waals surface area contributed by atoms with E-state index in [-0.39, 0.29) is 22.0 Å². The predicted molar refractivity (Wildman–Crippen MR) is 110 cm³/mol. The number of rotatable bonds is 7. The molecule has 0 heterocycles. The van der Waals surface area contributed by atoms with Crippen molar-refractivity contribution in [3.63, 3.8) is 0 Å². The van der Waals surface area contributed by atoms with E-state index in [2.05, 4.69) is 20.1 Å². The Balaban J connectivity index is 2.18. The molecule has 2 aromatic rings. The third kappa shape index (κ3) is 6.34. The van der Waals surface area contributed by atoms with Gasteiger partial charge in [0.15, 0.2) is 5.84 Å². The summed E-state index contributed by atoms with van der Waals surface area (Å²) in [4.78, 5) is 11.1. The highest BCUT2D eigenvalue weighted by molar-refractivity contribution is 7.89. The van der Waals surface area contributed by atoms with E-state index in [1.807, 2.05) is 0 Å². The number of amidine groups is 1. The molecule has 4 N–H and O–H groups in total. The van der Waals surface area contributed by atoms with Gasteiger partial charge >= 0.3 is 12.1 Å². The van der Waals surface area contributed by atoms with Crippen LogP contribution in [0.3, 0.4) is 0 Å². The van der Waals surface area contributed by atoms with E-state index >= 15 is 0 Å². The molecule has 0 bridgehead atoms. The largest absolute Gasteiger partial charge is 0.480 e. The molecule has 0 fully saturated rings. The normalized spacial score (nSPS) is 14.1. The lowest BCUT2D eigenvalue weighted by Gasteiger charge is -2.17. The SMILES string of the molecule is CC(C)[C@@H](NS(=O)(=O)c1ccc(N=NC(=NN)c2ccc(C(F)(F)F)cc2)cc1)C(=O)O. The van der Waals surface area contributed by atoms with E-state index in [0.717, 1.165) is 24.3 Å². The van der Waals surface area contributed by atoms with Crippen molar-refractivity contribution in [2.45, 2.75) is 31.0 Å². The fraction of sp³-hybridized carbons (Fsp3) is 0.263. The fourth-order valence-corrected chi connectivity index (χ4v) is 3.81. The Labute approximate surface area is 181 Å². The monoisotopic (exact) mass is 471 g/mol. The summed E-state index contributed by atoms with van der Waals surface area (Å²) in [5.41, 5.74) is -0.445. The van der Waals surface area contributed by atoms with Crippen molar-refractivity contribution < 1.29 is 31.5 Å². The van der Waals surface area contributed by atoms with Gasteiger partial charge < -0.3 is 10.9 Å². The Kier molecular flexibility index (Phi) is 7.69. The summed E-state index contributed by atoms with van der Waals surface area (Å²) in [6, 6.07) is 7.71. The van der Waals surface area contributed by atoms with Crippen LogP contribution < -0.4 is 10.6 Å². The van der Waals surface area contributed by atoms with Gasteiger partial charge in [-0.15, -0.1) is 10.2 Å². The Morgan fingerprint density at radius 2 is 1.62 bits per heavy atom. The molecule has 0 radical (unpaired) electrons. The number of halogens is 3. The van der Waals surface area contributed by atoms with Gasteiger partial charge in [-0.25, -0.2) is 8.42 Å². The van der Waals surface area contributed by atoms with Crippen molar-refractivity contribution in [2.24, 2.45) is 27.1 Å². The zero-order chi connectivity index (χ0) is 24.1. The third-order valence-electron chi connectivity index (χ3n) is 4.21. The number of nitrogens with one attached hydrogen (secondary N) is 1. The number of hydrogen-bond donors (Lipinski definition) is 3. The fourth-order valence-electron chi connectivity index (χ4n) is 2.47. The van der Waals surface area contributed by atoms with E-state index in [4.69, 9.17) is 10.9 Å². The number of carboxylic acids is 1. The lowest BCUT2D eigenvalue weighted by Crippen LogP contribution is -2.44. The topological polar surface area (TPSA) is 147 Å². The molecule has 0 aromatic heterocycles. The van der Waals surface area contributed by atoms with E-state index in [1.165, 1.54) is 24.3 Å². The molecule has 0 spiro atoms. The number of benzene rings is 2. The highest BCUT2D eigenvalue weighted by Gasteiger charge is 2.30. The summed E-state index contributed by atoms with van der Waals surface area (Å²) in [5, 5.41) is 20.2. The van der Waals surface area contributed by atoms with Gasteiger partial charge in [0.1, 0.15) is 6.04 Å². The van der Waals surface area contributed by atoms with Gasteiger partial charge in [-0.2, -0.15) is 23.0 Å². The average Bonchev–Trinajstić information content (AvgIpc) is 2.72. The molecule has 0 saturated carbocycles. The standard InChI is InChI=1S/C19H20F3N5O4S/c1-11(2)16(18(28)29)27-32(30,31)15-9-7-14(8-10-15)25-26-17(24-23)12-3-5-13(6-4-12)19(20,21)22/h3-11,16,27H,23H2,1-2H3,(H,28,29)/t16-/m1/s1. The summed E-state index contributed by atoms with van der Waals surface area (Å²) in [7, 11) is -4.10. The lowest BCUT2D eigenvalue weighted by molar-refractivity contribution is -0.140. The molecular formula is C19H20F3N5O4S. The number of nitrogens with zero attached hydrogens (tertiary/aromatic N) is 3. The van der Waals surface area contributed by atoms with Crippen LogP contribution in [0, 0.1) is 5.92 Å². The molecule has 1 atom stereocenters. The number of carboxylic acid groups (broad SMARTS) is 1. The molecule has 0 saturated heterocycles. The number of hydrazone groups is 1. The number of nitrogens with two attached hydrogens (primary N) is 1. The summed E-state index contributed by atoms with van der Waals surface area (Å²) in [5.74, 6) is 3.33. The lowest BCUT2D eigenvalue weighted by atomic mass is 10.1. The van der Waals surface area contributed by atoms with Gasteiger partial charge in [-0.05, 0) is 42.3 Å². The average molecular weight is 471 g/mol. The number of azo groups is 1. The molecule has 2 rings (SSSR count). The smallest absolute Gasteiger partial charge is 0.416 e. The van der Waals surface area contributed by atoms with Crippen LogP contribution in [0.1, 0.15) is 25.0 Å². The molecule has 0 amide bonds. The van der Waals surface area contributed by atoms with Gasteiger partial charge in [0.2, 0.25) is 10.0 Å². The van der Waals surface area contributed by atoms with Crippen molar-refractivity contribution in [2.75, 3.05) is 0 Å². The zero-order valence-electron chi connectivity index (χ0n) is 16.9. The van der Waals surface area contributed by atoms with E-state index in [0.29, 0.717) is 0 Å². The maximum Gasteiger partial charge on any atom is 0.416 e. The maximum absolute atomic E-state index is 12.7. The quantitative estimate of drug-likeness (QED) is 0.186. The molecule has 2 aromatic carbocycles. The Hall–Kier alpha value is -3.32. The van der Waals surface area contributed by atoms with E-state index in [1.54, 1.807) is 13.8 Å². The molecule has 9 nitrogen and oxygen atoms in total. The minimum atomic E-state index is -4.49.